The van der Waals surface area contributed by atoms with E-state index in [2.05, 4.69) is 30.9 Å². The Hall–Kier alpha value is -3.25. The number of imidazole rings is 1. The standard InChI is InChI=1S/C25H23BrF3N5O3/c1-12-6-18-23(32-11-31-18)34(10-12)19-9-15(20(35)21(19)37-24(36)25(27,28)29)5-3-13-2-4-14-8-16(26)22(30)33-17(14)7-13/h2,4,6-8,10-11,15,19-21,35H,3,5,9H2,1H3,(H2,30,33)/t15-,19+,20+,21-/m0/s1. The molecule has 3 heterocycles. The molecule has 1 aliphatic carbocycles. The molecule has 8 nitrogen and oxygen atoms in total. The SMILES string of the molecule is Cc1cc2ncnc-2n([C@@H]2C[C@H](CCc3ccc4cc(Br)c(N)nc4c3)[C@@H](O)[C@H]2OC(=O)C(F)(F)F)c1. The Balaban J connectivity index is 1.41. The van der Waals surface area contributed by atoms with Gasteiger partial charge in [-0.1, -0.05) is 12.1 Å². The van der Waals surface area contributed by atoms with Gasteiger partial charge in [0, 0.05) is 11.6 Å². The van der Waals surface area contributed by atoms with E-state index in [4.69, 9.17) is 10.5 Å². The van der Waals surface area contributed by atoms with Crippen molar-refractivity contribution in [3.63, 3.8) is 0 Å². The lowest BCUT2D eigenvalue weighted by Gasteiger charge is -2.26. The van der Waals surface area contributed by atoms with Crippen molar-refractivity contribution in [1.29, 1.82) is 0 Å². The minimum atomic E-state index is -5.18. The predicted molar refractivity (Wildman–Crippen MR) is 133 cm³/mol. The van der Waals surface area contributed by atoms with Crippen LogP contribution < -0.4 is 5.73 Å². The van der Waals surface area contributed by atoms with Crippen LogP contribution in [0.15, 0.2) is 47.3 Å². The average molecular weight is 578 g/mol. The number of nitrogen functional groups attached to an aromatic ring is 1. The van der Waals surface area contributed by atoms with Gasteiger partial charge >= 0.3 is 12.1 Å². The largest absolute Gasteiger partial charge is 0.490 e. The minimum Gasteiger partial charge on any atom is -0.451 e. The number of halogens is 4. The Labute approximate surface area is 218 Å². The van der Waals surface area contributed by atoms with Crippen molar-refractivity contribution in [3.8, 4) is 11.5 Å². The van der Waals surface area contributed by atoms with Crippen LogP contribution >= 0.6 is 15.9 Å². The first-order valence-corrected chi connectivity index (χ1v) is 12.4. The number of aliphatic hydroxyl groups excluding tert-OH is 1. The van der Waals surface area contributed by atoms with Crippen molar-refractivity contribution >= 4 is 38.6 Å². The summed E-state index contributed by atoms with van der Waals surface area (Å²) in [5.41, 5.74) is 8.93. The van der Waals surface area contributed by atoms with E-state index in [0.29, 0.717) is 46.6 Å². The van der Waals surface area contributed by atoms with Crippen molar-refractivity contribution in [3.05, 3.63) is 58.5 Å². The number of hydrogen-bond acceptors (Lipinski definition) is 7. The number of benzene rings is 1. The zero-order valence-corrected chi connectivity index (χ0v) is 21.2. The van der Waals surface area contributed by atoms with Gasteiger partial charge in [-0.3, -0.25) is 0 Å². The first kappa shape index (κ1) is 25.4. The van der Waals surface area contributed by atoms with Gasteiger partial charge in [0.25, 0.3) is 0 Å². The molecule has 1 aromatic carbocycles. The van der Waals surface area contributed by atoms with Gasteiger partial charge in [-0.2, -0.15) is 13.2 Å². The predicted octanol–water partition coefficient (Wildman–Crippen LogP) is 4.61. The normalized spacial score (nSPS) is 22.1. The number of nitrogens with two attached hydrogens (primary N) is 1. The highest BCUT2D eigenvalue weighted by atomic mass is 79.9. The molecule has 4 atom stereocenters. The zero-order chi connectivity index (χ0) is 26.5. The number of aliphatic hydroxyl groups is 1. The average Bonchev–Trinajstić information content (AvgIpc) is 3.42. The molecule has 1 saturated carbocycles. The second kappa shape index (κ2) is 9.56. The number of anilines is 1. The van der Waals surface area contributed by atoms with E-state index in [0.717, 1.165) is 16.5 Å². The molecule has 0 radical (unpaired) electrons. The van der Waals surface area contributed by atoms with E-state index in [9.17, 15) is 23.1 Å². The molecule has 5 rings (SSSR count). The first-order valence-electron chi connectivity index (χ1n) is 11.6. The van der Waals surface area contributed by atoms with Crippen LogP contribution in [0.1, 0.15) is 30.0 Å². The Morgan fingerprint density at radius 2 is 2.05 bits per heavy atom. The molecule has 1 aromatic heterocycles. The number of hydrogen-bond donors (Lipinski definition) is 2. The molecule has 1 fully saturated rings. The maximum Gasteiger partial charge on any atom is 0.490 e. The number of nitrogens with zero attached hydrogens (tertiary/aromatic N) is 4. The van der Waals surface area contributed by atoms with Crippen LogP contribution in [0.5, 0.6) is 0 Å². The van der Waals surface area contributed by atoms with Crippen molar-refractivity contribution < 1.29 is 27.8 Å². The summed E-state index contributed by atoms with van der Waals surface area (Å²) >= 11 is 3.36. The molecule has 0 saturated heterocycles. The smallest absolute Gasteiger partial charge is 0.451 e. The van der Waals surface area contributed by atoms with Crippen molar-refractivity contribution in [2.24, 2.45) is 5.92 Å². The lowest BCUT2D eigenvalue weighted by atomic mass is 9.95. The summed E-state index contributed by atoms with van der Waals surface area (Å²) in [7, 11) is 0. The van der Waals surface area contributed by atoms with E-state index >= 15 is 0 Å². The number of aromatic nitrogens is 4. The number of rotatable bonds is 5. The third kappa shape index (κ3) is 4.99. The van der Waals surface area contributed by atoms with Gasteiger partial charge in [0.05, 0.1) is 22.1 Å². The summed E-state index contributed by atoms with van der Waals surface area (Å²) in [6, 6.07) is 8.68. The van der Waals surface area contributed by atoms with E-state index < -0.39 is 36.3 Å². The Bertz CT molecular complexity index is 1440. The fourth-order valence-corrected chi connectivity index (χ4v) is 5.38. The molecule has 37 heavy (non-hydrogen) atoms. The summed E-state index contributed by atoms with van der Waals surface area (Å²) < 4.78 is 46.4. The van der Waals surface area contributed by atoms with Gasteiger partial charge in [-0.15, -0.1) is 0 Å². The topological polar surface area (TPSA) is 116 Å². The van der Waals surface area contributed by atoms with Crippen LogP contribution in [0.3, 0.4) is 0 Å². The van der Waals surface area contributed by atoms with E-state index in [1.807, 2.05) is 31.2 Å². The molecule has 3 aliphatic rings. The lowest BCUT2D eigenvalue weighted by molar-refractivity contribution is -0.210. The van der Waals surface area contributed by atoms with Crippen LogP contribution in [0.25, 0.3) is 22.4 Å². The highest BCUT2D eigenvalue weighted by molar-refractivity contribution is 9.10. The monoisotopic (exact) mass is 577 g/mol. The summed E-state index contributed by atoms with van der Waals surface area (Å²) in [4.78, 5) is 24.6. The van der Waals surface area contributed by atoms with Crippen LogP contribution in [0, 0.1) is 12.8 Å². The number of alkyl halides is 3. The minimum absolute atomic E-state index is 0.290. The molecule has 2 aliphatic heterocycles. The highest BCUT2D eigenvalue weighted by Gasteiger charge is 2.50. The van der Waals surface area contributed by atoms with Gasteiger partial charge in [-0.05, 0) is 77.4 Å². The van der Waals surface area contributed by atoms with Crippen LogP contribution in [0.4, 0.5) is 19.0 Å². The fraction of sp³-hybridized carbons (Fsp3) is 0.360. The second-order valence-electron chi connectivity index (χ2n) is 9.35. The van der Waals surface area contributed by atoms with Gasteiger partial charge in [0.2, 0.25) is 0 Å². The number of pyridine rings is 2. The molecule has 0 amide bonds. The Kier molecular flexibility index (Phi) is 6.57. The van der Waals surface area contributed by atoms with E-state index in [-0.39, 0.29) is 0 Å². The first-order chi connectivity index (χ1) is 17.5. The van der Waals surface area contributed by atoms with Crippen LogP contribution in [0.2, 0.25) is 0 Å². The van der Waals surface area contributed by atoms with Crippen molar-refractivity contribution in [1.82, 2.24) is 19.5 Å². The number of fused-ring (bicyclic) bond motifs is 2. The molecular formula is C25H23BrF3N5O3. The molecule has 0 unspecified atom stereocenters. The maximum absolute atomic E-state index is 13.1. The van der Waals surface area contributed by atoms with Gasteiger partial charge < -0.3 is 20.1 Å². The summed E-state index contributed by atoms with van der Waals surface area (Å²) in [5, 5.41) is 12.0. The molecule has 12 heteroatoms. The van der Waals surface area contributed by atoms with Crippen LogP contribution in [-0.4, -0.2) is 49.0 Å². The molecule has 0 bridgehead atoms. The Morgan fingerprint density at radius 3 is 2.81 bits per heavy atom. The molecule has 2 aromatic rings. The van der Waals surface area contributed by atoms with E-state index in [1.165, 1.54) is 6.33 Å². The third-order valence-electron chi connectivity index (χ3n) is 6.80. The highest BCUT2D eigenvalue weighted by Crippen LogP contribution is 2.42. The van der Waals surface area contributed by atoms with Crippen molar-refractivity contribution in [2.45, 2.75) is 50.6 Å². The summed E-state index contributed by atoms with van der Waals surface area (Å²) in [5.74, 6) is -1.95. The number of esters is 1. The Morgan fingerprint density at radius 1 is 1.27 bits per heavy atom. The number of aryl methyl sites for hydroxylation is 2. The number of carbonyl (C=O) groups is 1. The molecule has 3 N–H and O–H groups in total. The summed E-state index contributed by atoms with van der Waals surface area (Å²) in [6.45, 7) is 1.82. The van der Waals surface area contributed by atoms with Gasteiger partial charge in [-0.25, -0.2) is 19.7 Å². The molecular weight excluding hydrogens is 555 g/mol. The second-order valence-corrected chi connectivity index (χ2v) is 10.2. The zero-order valence-electron chi connectivity index (χ0n) is 19.6. The van der Waals surface area contributed by atoms with Crippen molar-refractivity contribution in [2.75, 3.05) is 5.73 Å². The van der Waals surface area contributed by atoms with Crippen LogP contribution in [-0.2, 0) is 16.0 Å². The maximum atomic E-state index is 13.1. The molecule has 194 valence electrons. The van der Waals surface area contributed by atoms with Gasteiger partial charge in [0.1, 0.15) is 23.9 Å². The number of carbonyl (C=O) groups excluding carboxylic acids is 1. The molecule has 0 spiro atoms. The summed E-state index contributed by atoms with van der Waals surface area (Å²) in [6.07, 6.45) is -3.51. The van der Waals surface area contributed by atoms with E-state index in [1.54, 1.807) is 16.8 Å². The lowest BCUT2D eigenvalue weighted by Crippen LogP contribution is -2.39. The quantitative estimate of drug-likeness (QED) is 0.332. The fourth-order valence-electron chi connectivity index (χ4n) is 5.04. The number of ether oxygens (including phenoxy) is 1. The van der Waals surface area contributed by atoms with Gasteiger partial charge in [0.15, 0.2) is 5.82 Å². The third-order valence-corrected chi connectivity index (χ3v) is 7.43.